The number of carbonyl (C=O) groups excluding carboxylic acids is 1. The lowest BCUT2D eigenvalue weighted by molar-refractivity contribution is 0.0526. The first-order valence-electron chi connectivity index (χ1n) is 5.05. The molecule has 1 aromatic rings. The lowest BCUT2D eigenvalue weighted by Gasteiger charge is -2.04. The van der Waals surface area contributed by atoms with Gasteiger partial charge in [0, 0.05) is 0 Å². The summed E-state index contributed by atoms with van der Waals surface area (Å²) in [5, 5.41) is 3.54. The van der Waals surface area contributed by atoms with Crippen molar-refractivity contribution in [3.05, 3.63) is 11.3 Å². The highest BCUT2D eigenvalue weighted by Crippen LogP contribution is 2.21. The van der Waals surface area contributed by atoms with Crippen LogP contribution in [0.1, 0.15) is 29.9 Å². The van der Waals surface area contributed by atoms with Crippen LogP contribution in [0.5, 0.6) is 0 Å². The Hall–Kier alpha value is -1.57. The maximum atomic E-state index is 11.6. The molecule has 0 saturated carbocycles. The number of anilines is 1. The zero-order valence-corrected chi connectivity index (χ0v) is 10.6. The maximum Gasteiger partial charge on any atom is 0.345 e. The van der Waals surface area contributed by atoms with Crippen molar-refractivity contribution in [2.75, 3.05) is 17.1 Å². The van der Waals surface area contributed by atoms with Gasteiger partial charge < -0.3 is 9.26 Å². The maximum absolute atomic E-state index is 11.6. The highest BCUT2D eigenvalue weighted by Gasteiger charge is 2.24. The summed E-state index contributed by atoms with van der Waals surface area (Å²) in [5.74, 6) is -1.00. The highest BCUT2D eigenvalue weighted by molar-refractivity contribution is 7.92. The number of esters is 1. The molecular weight excluding hydrogens is 248 g/mol. The van der Waals surface area contributed by atoms with Crippen LogP contribution in [0.15, 0.2) is 4.52 Å². The number of nitrogens with one attached hydrogen (secondary N) is 1. The van der Waals surface area contributed by atoms with E-state index in [1.165, 1.54) is 13.8 Å². The normalized spacial score (nSPS) is 11.2. The molecule has 0 aliphatic heterocycles. The third-order valence-electron chi connectivity index (χ3n) is 1.97. The molecule has 1 heterocycles. The Morgan fingerprint density at radius 1 is 1.47 bits per heavy atom. The van der Waals surface area contributed by atoms with E-state index in [-0.39, 0.29) is 29.5 Å². The molecule has 1 aromatic heterocycles. The fourth-order valence-electron chi connectivity index (χ4n) is 1.10. The molecule has 0 atom stereocenters. The number of sulfonamides is 1. The van der Waals surface area contributed by atoms with E-state index in [4.69, 9.17) is 9.26 Å². The first-order chi connectivity index (χ1) is 7.91. The zero-order chi connectivity index (χ0) is 13.1. The second kappa shape index (κ2) is 5.17. The Kier molecular flexibility index (Phi) is 4.11. The van der Waals surface area contributed by atoms with Crippen molar-refractivity contribution < 1.29 is 22.5 Å². The van der Waals surface area contributed by atoms with Gasteiger partial charge in [0.25, 0.3) is 5.88 Å². The lowest BCUT2D eigenvalue weighted by atomic mass is 10.2. The van der Waals surface area contributed by atoms with E-state index < -0.39 is 16.0 Å². The summed E-state index contributed by atoms with van der Waals surface area (Å²) in [5.41, 5.74) is 0.279. The van der Waals surface area contributed by atoms with Crippen LogP contribution in [0.3, 0.4) is 0 Å². The molecule has 17 heavy (non-hydrogen) atoms. The number of hydrogen-bond donors (Lipinski definition) is 1. The topological polar surface area (TPSA) is 98.5 Å². The van der Waals surface area contributed by atoms with Crippen molar-refractivity contribution in [1.82, 2.24) is 5.16 Å². The van der Waals surface area contributed by atoms with Crippen LogP contribution in [0, 0.1) is 6.92 Å². The molecule has 0 aromatic carbocycles. The van der Waals surface area contributed by atoms with Gasteiger partial charge in [-0.25, -0.2) is 13.2 Å². The van der Waals surface area contributed by atoms with Crippen LogP contribution in [-0.4, -0.2) is 31.9 Å². The molecule has 0 radical (unpaired) electrons. The van der Waals surface area contributed by atoms with E-state index >= 15 is 0 Å². The number of rotatable bonds is 5. The first kappa shape index (κ1) is 13.5. The first-order valence-corrected chi connectivity index (χ1v) is 6.70. The minimum absolute atomic E-state index is 0.00359. The van der Waals surface area contributed by atoms with Gasteiger partial charge in [-0.2, -0.15) is 0 Å². The van der Waals surface area contributed by atoms with Crippen molar-refractivity contribution in [3.8, 4) is 0 Å². The van der Waals surface area contributed by atoms with Gasteiger partial charge in [0.1, 0.15) is 5.56 Å². The highest BCUT2D eigenvalue weighted by atomic mass is 32.2. The minimum Gasteiger partial charge on any atom is -0.462 e. The number of carbonyl (C=O) groups is 1. The van der Waals surface area contributed by atoms with Gasteiger partial charge >= 0.3 is 5.97 Å². The van der Waals surface area contributed by atoms with Crippen LogP contribution >= 0.6 is 0 Å². The summed E-state index contributed by atoms with van der Waals surface area (Å²) >= 11 is 0. The van der Waals surface area contributed by atoms with Gasteiger partial charge in [-0.15, -0.1) is 0 Å². The summed E-state index contributed by atoms with van der Waals surface area (Å²) < 4.78 is 34.4. The lowest BCUT2D eigenvalue weighted by Crippen LogP contribution is -2.17. The predicted octanol–water partition coefficient (Wildman–Crippen LogP) is 0.921. The van der Waals surface area contributed by atoms with E-state index in [1.54, 1.807) is 6.92 Å². The number of hydrogen-bond acceptors (Lipinski definition) is 6. The average Bonchev–Trinajstić information content (AvgIpc) is 2.59. The molecular formula is C9H14N2O5S. The smallest absolute Gasteiger partial charge is 0.345 e. The quantitative estimate of drug-likeness (QED) is 0.792. The molecule has 0 spiro atoms. The van der Waals surface area contributed by atoms with Crippen molar-refractivity contribution in [2.45, 2.75) is 20.8 Å². The molecule has 0 saturated heterocycles. The average molecular weight is 262 g/mol. The van der Waals surface area contributed by atoms with E-state index in [0.29, 0.717) is 0 Å². The second-order valence-corrected chi connectivity index (χ2v) is 5.21. The zero-order valence-electron chi connectivity index (χ0n) is 9.81. The van der Waals surface area contributed by atoms with Crippen LogP contribution in [0.25, 0.3) is 0 Å². The Labute approximate surface area is 99.2 Å². The summed E-state index contributed by atoms with van der Waals surface area (Å²) in [6.45, 7) is 4.83. The Bertz CT molecular complexity index is 505. The van der Waals surface area contributed by atoms with Gasteiger partial charge in [-0.05, 0) is 20.8 Å². The van der Waals surface area contributed by atoms with Crippen molar-refractivity contribution in [2.24, 2.45) is 0 Å². The van der Waals surface area contributed by atoms with Gasteiger partial charge in [0.05, 0.1) is 18.1 Å². The number of ether oxygens (including phenoxy) is 1. The molecule has 0 unspecified atom stereocenters. The summed E-state index contributed by atoms with van der Waals surface area (Å²) in [6.07, 6.45) is 0. The SMILES string of the molecule is CCOC(=O)c1c(C)noc1NS(=O)(=O)CC. The van der Waals surface area contributed by atoms with Crippen LogP contribution in [-0.2, 0) is 14.8 Å². The summed E-state index contributed by atoms with van der Waals surface area (Å²) in [6, 6.07) is 0. The molecule has 0 fully saturated rings. The van der Waals surface area contributed by atoms with Crippen LogP contribution < -0.4 is 4.72 Å². The van der Waals surface area contributed by atoms with E-state index in [2.05, 4.69) is 9.88 Å². The van der Waals surface area contributed by atoms with Crippen molar-refractivity contribution >= 4 is 21.9 Å². The third-order valence-corrected chi connectivity index (χ3v) is 3.23. The number of nitrogens with zero attached hydrogens (tertiary/aromatic N) is 1. The van der Waals surface area contributed by atoms with Crippen LogP contribution in [0.2, 0.25) is 0 Å². The molecule has 1 rings (SSSR count). The summed E-state index contributed by atoms with van der Waals surface area (Å²) in [7, 11) is -3.52. The van der Waals surface area contributed by atoms with E-state index in [0.717, 1.165) is 0 Å². The van der Waals surface area contributed by atoms with Gasteiger partial charge in [0.15, 0.2) is 0 Å². The monoisotopic (exact) mass is 262 g/mol. The molecule has 0 amide bonds. The fraction of sp³-hybridized carbons (Fsp3) is 0.556. The molecule has 0 aliphatic carbocycles. The van der Waals surface area contributed by atoms with Gasteiger partial charge in [-0.1, -0.05) is 5.16 Å². The largest absolute Gasteiger partial charge is 0.462 e. The molecule has 7 nitrogen and oxygen atoms in total. The fourth-order valence-corrected chi connectivity index (χ4v) is 1.66. The van der Waals surface area contributed by atoms with Crippen molar-refractivity contribution in [3.63, 3.8) is 0 Å². The molecule has 8 heteroatoms. The van der Waals surface area contributed by atoms with E-state index in [1.807, 2.05) is 0 Å². The summed E-state index contributed by atoms with van der Waals surface area (Å²) in [4.78, 5) is 11.6. The standard InChI is InChI=1S/C9H14N2O5S/c1-4-15-9(12)7-6(3)10-16-8(7)11-17(13,14)5-2/h11H,4-5H2,1-3H3. The van der Waals surface area contributed by atoms with Gasteiger partial charge in [-0.3, -0.25) is 4.72 Å². The van der Waals surface area contributed by atoms with Gasteiger partial charge in [0.2, 0.25) is 10.0 Å². The second-order valence-electron chi connectivity index (χ2n) is 3.20. The molecule has 96 valence electrons. The Morgan fingerprint density at radius 2 is 2.12 bits per heavy atom. The molecule has 0 aliphatic rings. The minimum atomic E-state index is -3.52. The number of aromatic nitrogens is 1. The molecule has 0 bridgehead atoms. The third kappa shape index (κ3) is 3.19. The Morgan fingerprint density at radius 3 is 2.65 bits per heavy atom. The van der Waals surface area contributed by atoms with E-state index in [9.17, 15) is 13.2 Å². The van der Waals surface area contributed by atoms with Crippen LogP contribution in [0.4, 0.5) is 5.88 Å². The predicted molar refractivity (Wildman–Crippen MR) is 60.3 cm³/mol. The molecule has 1 N–H and O–H groups in total. The Balaban J connectivity index is 3.06. The van der Waals surface area contributed by atoms with Crippen molar-refractivity contribution in [1.29, 1.82) is 0 Å². The number of aryl methyl sites for hydroxylation is 1.